The Kier molecular flexibility index (Phi) is 4.19. The van der Waals surface area contributed by atoms with E-state index in [0.717, 1.165) is 6.07 Å². The van der Waals surface area contributed by atoms with Gasteiger partial charge in [0.25, 0.3) is 12.0 Å². The number of aromatic amines is 1. The summed E-state index contributed by atoms with van der Waals surface area (Å²) >= 11 is 0. The van der Waals surface area contributed by atoms with Crippen molar-refractivity contribution in [3.05, 3.63) is 27.7 Å². The zero-order valence-corrected chi connectivity index (χ0v) is 9.13. The van der Waals surface area contributed by atoms with Crippen molar-refractivity contribution in [2.75, 3.05) is 12.3 Å². The number of carbonyl (C=O) groups is 1. The van der Waals surface area contributed by atoms with Gasteiger partial charge >= 0.3 is 5.97 Å². The molecule has 7 heteroatoms. The first kappa shape index (κ1) is 13.1. The monoisotopic (exact) mass is 246 g/mol. The molecular weight excluding hydrogens is 234 g/mol. The molecule has 0 unspecified atom stereocenters. The Morgan fingerprint density at radius 3 is 2.76 bits per heavy atom. The summed E-state index contributed by atoms with van der Waals surface area (Å²) in [6.07, 6.45) is -3.23. The highest BCUT2D eigenvalue weighted by atomic mass is 19.3. The van der Waals surface area contributed by atoms with E-state index in [2.05, 4.69) is 4.74 Å². The van der Waals surface area contributed by atoms with Gasteiger partial charge in [0.1, 0.15) is 0 Å². The number of anilines is 1. The highest BCUT2D eigenvalue weighted by Gasteiger charge is 2.18. The summed E-state index contributed by atoms with van der Waals surface area (Å²) in [7, 11) is 0. The first-order valence-electron chi connectivity index (χ1n) is 4.91. The van der Waals surface area contributed by atoms with Crippen LogP contribution in [0.15, 0.2) is 10.9 Å². The molecule has 1 aromatic rings. The van der Waals surface area contributed by atoms with E-state index in [1.54, 1.807) is 6.92 Å². The van der Waals surface area contributed by atoms with Gasteiger partial charge in [0.2, 0.25) is 0 Å². The minimum absolute atomic E-state index is 0.0319. The van der Waals surface area contributed by atoms with Gasteiger partial charge in [-0.15, -0.1) is 0 Å². The number of nitrogens with two attached hydrogens (primary N) is 1. The summed E-state index contributed by atoms with van der Waals surface area (Å²) in [5, 5.41) is 0. The minimum Gasteiger partial charge on any atom is -0.466 e. The fraction of sp³-hybridized carbons (Fsp3) is 0.400. The van der Waals surface area contributed by atoms with Crippen LogP contribution < -0.4 is 11.3 Å². The third-order valence-corrected chi connectivity index (χ3v) is 2.04. The molecule has 0 spiro atoms. The number of rotatable bonds is 4. The summed E-state index contributed by atoms with van der Waals surface area (Å²) in [5.74, 6) is -0.652. The molecule has 0 saturated heterocycles. The van der Waals surface area contributed by atoms with Crippen LogP contribution in [0.3, 0.4) is 0 Å². The number of nitrogens with one attached hydrogen (secondary N) is 1. The smallest absolute Gasteiger partial charge is 0.310 e. The molecule has 0 atom stereocenters. The maximum absolute atomic E-state index is 12.6. The number of hydrogen-bond acceptors (Lipinski definition) is 4. The van der Waals surface area contributed by atoms with Crippen molar-refractivity contribution in [3.8, 4) is 0 Å². The summed E-state index contributed by atoms with van der Waals surface area (Å²) < 4.78 is 29.9. The maximum Gasteiger partial charge on any atom is 0.310 e. The number of alkyl halides is 2. The quantitative estimate of drug-likeness (QED) is 0.776. The molecule has 0 amide bonds. The van der Waals surface area contributed by atoms with E-state index < -0.39 is 23.6 Å². The second-order valence-corrected chi connectivity index (χ2v) is 3.28. The molecule has 17 heavy (non-hydrogen) atoms. The van der Waals surface area contributed by atoms with Crippen LogP contribution in [-0.4, -0.2) is 17.6 Å². The Hall–Kier alpha value is -1.92. The lowest BCUT2D eigenvalue weighted by atomic mass is 10.1. The number of hydrogen-bond donors (Lipinski definition) is 2. The molecule has 1 rings (SSSR count). The van der Waals surface area contributed by atoms with Crippen molar-refractivity contribution in [3.63, 3.8) is 0 Å². The van der Waals surface area contributed by atoms with Crippen molar-refractivity contribution in [2.45, 2.75) is 19.8 Å². The Morgan fingerprint density at radius 2 is 2.24 bits per heavy atom. The first-order chi connectivity index (χ1) is 7.95. The number of ether oxygens (including phenoxy) is 1. The minimum atomic E-state index is -2.88. The zero-order valence-electron chi connectivity index (χ0n) is 9.13. The molecule has 0 fully saturated rings. The fourth-order valence-corrected chi connectivity index (χ4v) is 1.31. The van der Waals surface area contributed by atoms with Crippen molar-refractivity contribution in [1.29, 1.82) is 0 Å². The second-order valence-electron chi connectivity index (χ2n) is 3.28. The van der Waals surface area contributed by atoms with Crippen molar-refractivity contribution in [1.82, 2.24) is 4.98 Å². The number of nitrogen functional groups attached to an aromatic ring is 1. The molecular formula is C10H12F2N2O3. The van der Waals surface area contributed by atoms with Crippen LogP contribution in [0.25, 0.3) is 0 Å². The van der Waals surface area contributed by atoms with Gasteiger partial charge in [-0.2, -0.15) is 0 Å². The van der Waals surface area contributed by atoms with Crippen LogP contribution in [0.2, 0.25) is 0 Å². The highest BCUT2D eigenvalue weighted by Crippen LogP contribution is 2.21. The van der Waals surface area contributed by atoms with Crippen molar-refractivity contribution in [2.24, 2.45) is 0 Å². The normalized spacial score (nSPS) is 10.6. The lowest BCUT2D eigenvalue weighted by Gasteiger charge is -2.08. The van der Waals surface area contributed by atoms with Crippen LogP contribution in [0.1, 0.15) is 24.6 Å². The second kappa shape index (κ2) is 5.42. The number of esters is 1. The summed E-state index contributed by atoms with van der Waals surface area (Å²) in [6, 6.07) is 1.07. The predicted octanol–water partition coefficient (Wildman–Crippen LogP) is 1.00. The van der Waals surface area contributed by atoms with Crippen molar-refractivity contribution < 1.29 is 18.3 Å². The number of halogens is 2. The van der Waals surface area contributed by atoms with Gasteiger partial charge in [-0.3, -0.25) is 9.59 Å². The summed E-state index contributed by atoms with van der Waals surface area (Å²) in [5.41, 5.74) is 3.65. The molecule has 0 bridgehead atoms. The van der Waals surface area contributed by atoms with Crippen LogP contribution in [0.5, 0.6) is 0 Å². The molecule has 3 N–H and O–H groups in total. The van der Waals surface area contributed by atoms with Gasteiger partial charge in [0.15, 0.2) is 0 Å². The van der Waals surface area contributed by atoms with Gasteiger partial charge < -0.3 is 15.5 Å². The fourth-order valence-electron chi connectivity index (χ4n) is 1.31. The van der Waals surface area contributed by atoms with E-state index in [9.17, 15) is 18.4 Å². The van der Waals surface area contributed by atoms with Crippen LogP contribution in [-0.2, 0) is 16.0 Å². The number of pyridine rings is 1. The number of carbonyl (C=O) groups excluding carboxylic acids is 1. The molecule has 0 saturated carbocycles. The predicted molar refractivity (Wildman–Crippen MR) is 56.8 cm³/mol. The molecule has 0 aliphatic heterocycles. The van der Waals surface area contributed by atoms with E-state index in [1.165, 1.54) is 0 Å². The van der Waals surface area contributed by atoms with Crippen molar-refractivity contribution >= 4 is 11.7 Å². The van der Waals surface area contributed by atoms with Crippen LogP contribution >= 0.6 is 0 Å². The Bertz CT molecular complexity index is 471. The van der Waals surface area contributed by atoms with Gasteiger partial charge in [-0.05, 0) is 18.6 Å². The highest BCUT2D eigenvalue weighted by molar-refractivity contribution is 5.73. The maximum atomic E-state index is 12.6. The lowest BCUT2D eigenvalue weighted by Crippen LogP contribution is -2.18. The average Bonchev–Trinajstić information content (AvgIpc) is 2.23. The van der Waals surface area contributed by atoms with E-state index in [1.807, 2.05) is 4.98 Å². The molecule has 94 valence electrons. The van der Waals surface area contributed by atoms with E-state index in [-0.39, 0.29) is 24.3 Å². The van der Waals surface area contributed by atoms with E-state index in [0.29, 0.717) is 0 Å². The van der Waals surface area contributed by atoms with E-state index in [4.69, 9.17) is 5.73 Å². The Morgan fingerprint density at radius 1 is 1.59 bits per heavy atom. The Labute approximate surface area is 95.6 Å². The lowest BCUT2D eigenvalue weighted by molar-refractivity contribution is -0.142. The van der Waals surface area contributed by atoms with Gasteiger partial charge in [-0.25, -0.2) is 8.78 Å². The van der Waals surface area contributed by atoms with Gasteiger partial charge in [-0.1, -0.05) is 0 Å². The van der Waals surface area contributed by atoms with Gasteiger partial charge in [0, 0.05) is 0 Å². The zero-order chi connectivity index (χ0) is 13.0. The molecule has 5 nitrogen and oxygen atoms in total. The topological polar surface area (TPSA) is 85.2 Å². The Balaban J connectivity index is 3.08. The number of aromatic nitrogens is 1. The van der Waals surface area contributed by atoms with Crippen LogP contribution in [0, 0.1) is 0 Å². The van der Waals surface area contributed by atoms with E-state index >= 15 is 0 Å². The summed E-state index contributed by atoms with van der Waals surface area (Å²) in [4.78, 5) is 24.2. The summed E-state index contributed by atoms with van der Waals surface area (Å²) in [6.45, 7) is 1.76. The number of H-pyrrole nitrogens is 1. The van der Waals surface area contributed by atoms with Gasteiger partial charge in [0.05, 0.1) is 24.4 Å². The molecule has 0 aliphatic carbocycles. The molecule has 1 aromatic heterocycles. The SMILES string of the molecule is CCOC(=O)Cc1cc(N)c(=O)[nH]c1C(F)F. The first-order valence-corrected chi connectivity index (χ1v) is 4.91. The molecule has 0 aliphatic rings. The third kappa shape index (κ3) is 3.27. The standard InChI is InChI=1S/C10H12F2N2O3/c1-2-17-7(15)4-5-3-6(13)10(16)14-8(5)9(11)12/h3,9H,2,4,13H2,1H3,(H,14,16). The van der Waals surface area contributed by atoms with Crippen LogP contribution in [0.4, 0.5) is 14.5 Å². The molecule has 0 radical (unpaired) electrons. The average molecular weight is 246 g/mol. The third-order valence-electron chi connectivity index (χ3n) is 2.04. The molecule has 1 heterocycles. The molecule has 0 aromatic carbocycles. The largest absolute Gasteiger partial charge is 0.466 e.